The lowest BCUT2D eigenvalue weighted by molar-refractivity contribution is 0.0983. The van der Waals surface area contributed by atoms with Crippen molar-refractivity contribution in [3.8, 4) is 0 Å². The van der Waals surface area contributed by atoms with Gasteiger partial charge < -0.3 is 10.2 Å². The van der Waals surface area contributed by atoms with E-state index in [4.69, 9.17) is 0 Å². The minimum absolute atomic E-state index is 0.162. The SMILES string of the molecule is CCN(C(=O)c1cc(NCCc2ccc(F)cc2)nc(C)n1)c1cccc(C)c1. The predicted molar refractivity (Wildman–Crippen MR) is 114 cm³/mol. The zero-order valence-corrected chi connectivity index (χ0v) is 16.9. The van der Waals surface area contributed by atoms with Gasteiger partial charge in [-0.3, -0.25) is 4.79 Å². The quantitative estimate of drug-likeness (QED) is 0.641. The molecular weight excluding hydrogens is 367 g/mol. The molecule has 0 saturated heterocycles. The third kappa shape index (κ3) is 5.38. The van der Waals surface area contributed by atoms with Crippen molar-refractivity contribution in [3.63, 3.8) is 0 Å². The highest BCUT2D eigenvalue weighted by atomic mass is 19.1. The van der Waals surface area contributed by atoms with Crippen molar-refractivity contribution in [1.82, 2.24) is 9.97 Å². The molecule has 0 bridgehead atoms. The number of amides is 1. The van der Waals surface area contributed by atoms with Crippen LogP contribution in [0.1, 0.15) is 34.4 Å². The van der Waals surface area contributed by atoms with Crippen LogP contribution < -0.4 is 10.2 Å². The molecule has 6 heteroatoms. The average molecular weight is 392 g/mol. The summed E-state index contributed by atoms with van der Waals surface area (Å²) in [4.78, 5) is 23.5. The van der Waals surface area contributed by atoms with E-state index in [0.29, 0.717) is 30.4 Å². The van der Waals surface area contributed by atoms with E-state index in [9.17, 15) is 9.18 Å². The standard InChI is InChI=1S/C23H25FN4O/c1-4-28(20-7-5-6-16(2)14-20)23(29)21-15-22(27-17(3)26-21)25-13-12-18-8-10-19(24)11-9-18/h5-11,14-15H,4,12-13H2,1-3H3,(H,25,26,27). The van der Waals surface area contributed by atoms with Gasteiger partial charge in [0.2, 0.25) is 0 Å². The summed E-state index contributed by atoms with van der Waals surface area (Å²) in [5, 5.41) is 3.23. The van der Waals surface area contributed by atoms with Gasteiger partial charge in [-0.15, -0.1) is 0 Å². The maximum atomic E-state index is 13.1. The third-order valence-electron chi connectivity index (χ3n) is 4.56. The number of carbonyl (C=O) groups is 1. The van der Waals surface area contributed by atoms with E-state index in [-0.39, 0.29) is 11.7 Å². The molecule has 0 atom stereocenters. The van der Waals surface area contributed by atoms with E-state index < -0.39 is 0 Å². The normalized spacial score (nSPS) is 10.6. The molecule has 0 aliphatic rings. The molecule has 5 nitrogen and oxygen atoms in total. The number of hydrogen-bond donors (Lipinski definition) is 1. The number of aromatic nitrogens is 2. The summed E-state index contributed by atoms with van der Waals surface area (Å²) in [6, 6.07) is 15.9. The molecule has 0 aliphatic carbocycles. The van der Waals surface area contributed by atoms with E-state index in [1.807, 2.05) is 38.1 Å². The van der Waals surface area contributed by atoms with Crippen LogP contribution in [0.5, 0.6) is 0 Å². The Hall–Kier alpha value is -3.28. The second kappa shape index (κ2) is 9.28. The van der Waals surface area contributed by atoms with Crippen molar-refractivity contribution < 1.29 is 9.18 Å². The number of nitrogens with zero attached hydrogens (tertiary/aromatic N) is 3. The summed E-state index contributed by atoms with van der Waals surface area (Å²) in [5.74, 6) is 0.722. The Morgan fingerprint density at radius 1 is 1.07 bits per heavy atom. The Balaban J connectivity index is 1.73. The van der Waals surface area contributed by atoms with Gasteiger partial charge in [0, 0.05) is 24.8 Å². The fraction of sp³-hybridized carbons (Fsp3) is 0.261. The van der Waals surface area contributed by atoms with Crippen LogP contribution in [0.15, 0.2) is 54.6 Å². The minimum Gasteiger partial charge on any atom is -0.370 e. The summed E-state index contributed by atoms with van der Waals surface area (Å²) in [6.45, 7) is 6.87. The molecule has 3 aromatic rings. The summed E-state index contributed by atoms with van der Waals surface area (Å²) < 4.78 is 13.0. The molecule has 29 heavy (non-hydrogen) atoms. The Morgan fingerprint density at radius 2 is 1.83 bits per heavy atom. The molecule has 1 amide bonds. The Bertz CT molecular complexity index is 988. The van der Waals surface area contributed by atoms with E-state index >= 15 is 0 Å². The van der Waals surface area contributed by atoms with Crippen LogP contribution >= 0.6 is 0 Å². The van der Waals surface area contributed by atoms with Gasteiger partial charge in [0.15, 0.2) is 0 Å². The predicted octanol–water partition coefficient (Wildman–Crippen LogP) is 4.55. The van der Waals surface area contributed by atoms with Crippen molar-refractivity contribution >= 4 is 17.4 Å². The molecule has 0 radical (unpaired) electrons. The highest BCUT2D eigenvalue weighted by molar-refractivity contribution is 6.05. The van der Waals surface area contributed by atoms with Gasteiger partial charge in [-0.1, -0.05) is 24.3 Å². The first-order valence-electron chi connectivity index (χ1n) is 9.69. The van der Waals surface area contributed by atoms with Crippen LogP contribution in [-0.4, -0.2) is 29.0 Å². The smallest absolute Gasteiger partial charge is 0.277 e. The number of halogens is 1. The van der Waals surface area contributed by atoms with Crippen LogP contribution in [-0.2, 0) is 6.42 Å². The molecule has 0 spiro atoms. The fourth-order valence-corrected chi connectivity index (χ4v) is 3.13. The molecule has 0 fully saturated rings. The highest BCUT2D eigenvalue weighted by Gasteiger charge is 2.19. The zero-order chi connectivity index (χ0) is 20.8. The van der Waals surface area contributed by atoms with Gasteiger partial charge in [-0.25, -0.2) is 14.4 Å². The Morgan fingerprint density at radius 3 is 2.52 bits per heavy atom. The lowest BCUT2D eigenvalue weighted by Gasteiger charge is -2.21. The molecular formula is C23H25FN4O. The summed E-state index contributed by atoms with van der Waals surface area (Å²) in [6.07, 6.45) is 0.719. The Labute approximate surface area is 170 Å². The maximum Gasteiger partial charge on any atom is 0.277 e. The zero-order valence-electron chi connectivity index (χ0n) is 16.9. The molecule has 1 heterocycles. The van der Waals surface area contributed by atoms with Crippen molar-refractivity contribution in [3.05, 3.63) is 83.1 Å². The van der Waals surface area contributed by atoms with E-state index in [2.05, 4.69) is 15.3 Å². The topological polar surface area (TPSA) is 58.1 Å². The van der Waals surface area contributed by atoms with Crippen LogP contribution in [0.25, 0.3) is 0 Å². The monoisotopic (exact) mass is 392 g/mol. The van der Waals surface area contributed by atoms with Gasteiger partial charge in [0.05, 0.1) is 0 Å². The first-order valence-corrected chi connectivity index (χ1v) is 9.69. The van der Waals surface area contributed by atoms with Gasteiger partial charge in [-0.2, -0.15) is 0 Å². The van der Waals surface area contributed by atoms with Crippen LogP contribution in [0.3, 0.4) is 0 Å². The average Bonchev–Trinajstić information content (AvgIpc) is 2.70. The first kappa shape index (κ1) is 20.5. The first-order chi connectivity index (χ1) is 14.0. The number of anilines is 2. The molecule has 0 unspecified atom stereocenters. The number of rotatable bonds is 7. The lowest BCUT2D eigenvalue weighted by atomic mass is 10.1. The molecule has 0 aliphatic heterocycles. The number of aryl methyl sites for hydroxylation is 2. The fourth-order valence-electron chi connectivity index (χ4n) is 3.13. The van der Waals surface area contributed by atoms with Crippen LogP contribution in [0.2, 0.25) is 0 Å². The molecule has 1 N–H and O–H groups in total. The van der Waals surface area contributed by atoms with Crippen molar-refractivity contribution in [2.75, 3.05) is 23.3 Å². The minimum atomic E-state index is -0.245. The molecule has 0 saturated carbocycles. The molecule has 2 aromatic carbocycles. The number of hydrogen-bond acceptors (Lipinski definition) is 4. The third-order valence-corrected chi connectivity index (χ3v) is 4.56. The second-order valence-electron chi connectivity index (χ2n) is 6.88. The lowest BCUT2D eigenvalue weighted by Crippen LogP contribution is -2.31. The molecule has 3 rings (SSSR count). The number of nitrogens with one attached hydrogen (secondary N) is 1. The molecule has 150 valence electrons. The van der Waals surface area contributed by atoms with Crippen LogP contribution in [0.4, 0.5) is 15.9 Å². The summed E-state index contributed by atoms with van der Waals surface area (Å²) in [5.41, 5.74) is 3.32. The number of benzene rings is 2. The Kier molecular flexibility index (Phi) is 6.54. The van der Waals surface area contributed by atoms with Crippen LogP contribution in [0, 0.1) is 19.7 Å². The number of carbonyl (C=O) groups excluding carboxylic acids is 1. The summed E-state index contributed by atoms with van der Waals surface area (Å²) >= 11 is 0. The van der Waals surface area contributed by atoms with Gasteiger partial charge in [-0.05, 0) is 62.6 Å². The molecule has 1 aromatic heterocycles. The van der Waals surface area contributed by atoms with E-state index in [1.165, 1.54) is 12.1 Å². The highest BCUT2D eigenvalue weighted by Crippen LogP contribution is 2.19. The van der Waals surface area contributed by atoms with Crippen molar-refractivity contribution in [2.45, 2.75) is 27.2 Å². The van der Waals surface area contributed by atoms with Gasteiger partial charge >= 0.3 is 0 Å². The summed E-state index contributed by atoms with van der Waals surface area (Å²) in [7, 11) is 0. The van der Waals surface area contributed by atoms with Gasteiger partial charge in [0.1, 0.15) is 23.2 Å². The van der Waals surface area contributed by atoms with E-state index in [0.717, 1.165) is 23.2 Å². The van der Waals surface area contributed by atoms with Crippen molar-refractivity contribution in [1.29, 1.82) is 0 Å². The van der Waals surface area contributed by atoms with Crippen molar-refractivity contribution in [2.24, 2.45) is 0 Å². The second-order valence-corrected chi connectivity index (χ2v) is 6.88. The van der Waals surface area contributed by atoms with Gasteiger partial charge in [0.25, 0.3) is 5.91 Å². The maximum absolute atomic E-state index is 13.1. The largest absolute Gasteiger partial charge is 0.370 e. The van der Waals surface area contributed by atoms with E-state index in [1.54, 1.807) is 30.0 Å².